The summed E-state index contributed by atoms with van der Waals surface area (Å²) in [6.07, 6.45) is 7.59. The Morgan fingerprint density at radius 3 is 2.27 bits per heavy atom. The Bertz CT molecular complexity index is 121. The van der Waals surface area contributed by atoms with Crippen molar-refractivity contribution < 1.29 is 6.16 Å². The second kappa shape index (κ2) is 12.0. The predicted molar refractivity (Wildman–Crippen MR) is 69.4 cm³/mol. The molecule has 0 aliphatic rings. The molecule has 0 aromatic heterocycles. The monoisotopic (exact) mass is 217 g/mol. The molecular weight excluding hydrogens is 186 g/mol. The van der Waals surface area contributed by atoms with Crippen LogP contribution >= 0.6 is 0 Å². The third-order valence-corrected chi connectivity index (χ3v) is 2.41. The fraction of sp³-hybridized carbons (Fsp3) is 1.00. The second-order valence-corrected chi connectivity index (χ2v) is 4.49. The van der Waals surface area contributed by atoms with Gasteiger partial charge in [0.15, 0.2) is 0 Å². The zero-order valence-electron chi connectivity index (χ0n) is 10.8. The van der Waals surface area contributed by atoms with E-state index >= 15 is 0 Å². The average molecular weight is 217 g/mol. The quantitative estimate of drug-likeness (QED) is 0.534. The van der Waals surface area contributed by atoms with E-state index in [0.717, 1.165) is 19.8 Å². The summed E-state index contributed by atoms with van der Waals surface area (Å²) in [6.45, 7) is 9.66. The molecule has 0 saturated heterocycles. The lowest BCUT2D eigenvalue weighted by molar-refractivity contribution is 0.126. The van der Waals surface area contributed by atoms with Gasteiger partial charge < -0.3 is 10.1 Å². The Balaban J connectivity index is 0. The van der Waals surface area contributed by atoms with Crippen LogP contribution in [0.25, 0.3) is 0 Å². The van der Waals surface area contributed by atoms with Gasteiger partial charge in [-0.2, -0.15) is 0 Å². The standard InChI is InChI=1S/C13H29NO.H2/c1-4-5-8-11-15-12-9-6-7-10-14-13(2)3;/h13-14H,4-12H2,1-3H3;1H. The van der Waals surface area contributed by atoms with Gasteiger partial charge in [-0.25, -0.2) is 0 Å². The first-order chi connectivity index (χ1) is 7.27. The molecule has 0 amide bonds. The van der Waals surface area contributed by atoms with Crippen LogP contribution in [0.5, 0.6) is 0 Å². The van der Waals surface area contributed by atoms with Crippen LogP contribution in [0.4, 0.5) is 0 Å². The number of rotatable bonds is 11. The third kappa shape index (κ3) is 13.9. The largest absolute Gasteiger partial charge is 0.381 e. The van der Waals surface area contributed by atoms with Crippen LogP contribution in [-0.4, -0.2) is 25.8 Å². The molecule has 15 heavy (non-hydrogen) atoms. The Morgan fingerprint density at radius 2 is 1.67 bits per heavy atom. The summed E-state index contributed by atoms with van der Waals surface area (Å²) in [6, 6.07) is 0.621. The van der Waals surface area contributed by atoms with Crippen LogP contribution in [-0.2, 0) is 4.74 Å². The summed E-state index contributed by atoms with van der Waals surface area (Å²) >= 11 is 0. The van der Waals surface area contributed by atoms with Crippen molar-refractivity contribution in [3.63, 3.8) is 0 Å². The molecule has 0 atom stereocenters. The van der Waals surface area contributed by atoms with Gasteiger partial charge in [0.1, 0.15) is 0 Å². The number of hydrogen-bond acceptors (Lipinski definition) is 2. The molecule has 0 bridgehead atoms. The number of nitrogens with one attached hydrogen (secondary N) is 1. The van der Waals surface area contributed by atoms with Gasteiger partial charge in [-0.05, 0) is 32.2 Å². The summed E-state index contributed by atoms with van der Waals surface area (Å²) in [5, 5.41) is 3.42. The minimum Gasteiger partial charge on any atom is -0.381 e. The lowest BCUT2D eigenvalue weighted by Gasteiger charge is -2.07. The summed E-state index contributed by atoms with van der Waals surface area (Å²) in [4.78, 5) is 0. The van der Waals surface area contributed by atoms with E-state index in [2.05, 4.69) is 26.1 Å². The summed E-state index contributed by atoms with van der Waals surface area (Å²) in [5.41, 5.74) is 0. The van der Waals surface area contributed by atoms with Crippen molar-refractivity contribution in [1.82, 2.24) is 5.32 Å². The summed E-state index contributed by atoms with van der Waals surface area (Å²) in [7, 11) is 0. The lowest BCUT2D eigenvalue weighted by atomic mass is 10.2. The first kappa shape index (κ1) is 14.9. The van der Waals surface area contributed by atoms with Crippen LogP contribution < -0.4 is 5.32 Å². The highest BCUT2D eigenvalue weighted by Gasteiger charge is 1.93. The fourth-order valence-corrected chi connectivity index (χ4v) is 1.45. The molecule has 0 spiro atoms. The zero-order chi connectivity index (χ0) is 11.4. The van der Waals surface area contributed by atoms with E-state index in [9.17, 15) is 0 Å². The van der Waals surface area contributed by atoms with Gasteiger partial charge in [0.05, 0.1) is 0 Å². The predicted octanol–water partition coefficient (Wildman–Crippen LogP) is 3.61. The van der Waals surface area contributed by atoms with Crippen molar-refractivity contribution in [1.29, 1.82) is 0 Å². The summed E-state index contributed by atoms with van der Waals surface area (Å²) in [5.74, 6) is 0. The highest BCUT2D eigenvalue weighted by Crippen LogP contribution is 1.98. The maximum atomic E-state index is 5.54. The van der Waals surface area contributed by atoms with Crippen LogP contribution in [0.3, 0.4) is 0 Å². The molecule has 0 fully saturated rings. The molecule has 2 nitrogen and oxygen atoms in total. The van der Waals surface area contributed by atoms with E-state index in [0.29, 0.717) is 6.04 Å². The Morgan fingerprint density at radius 1 is 1.00 bits per heavy atom. The van der Waals surface area contributed by atoms with Gasteiger partial charge in [0.2, 0.25) is 0 Å². The normalized spacial score (nSPS) is 11.2. The molecule has 94 valence electrons. The molecule has 0 aromatic rings. The molecule has 2 heteroatoms. The molecule has 0 heterocycles. The first-order valence-electron chi connectivity index (χ1n) is 6.58. The Hall–Kier alpha value is -0.0800. The van der Waals surface area contributed by atoms with Gasteiger partial charge in [-0.3, -0.25) is 0 Å². The van der Waals surface area contributed by atoms with Crippen molar-refractivity contribution >= 4 is 0 Å². The van der Waals surface area contributed by atoms with E-state index < -0.39 is 0 Å². The molecule has 0 saturated carbocycles. The number of unbranched alkanes of at least 4 members (excludes halogenated alkanes) is 4. The Labute approximate surface area is 97.3 Å². The van der Waals surface area contributed by atoms with E-state index in [1.165, 1.54) is 38.5 Å². The highest BCUT2D eigenvalue weighted by atomic mass is 16.5. The summed E-state index contributed by atoms with van der Waals surface area (Å²) < 4.78 is 5.54. The lowest BCUT2D eigenvalue weighted by Crippen LogP contribution is -2.23. The molecular formula is C13H31NO. The zero-order valence-corrected chi connectivity index (χ0v) is 10.8. The van der Waals surface area contributed by atoms with Crippen molar-refractivity contribution in [3.05, 3.63) is 0 Å². The van der Waals surface area contributed by atoms with Gasteiger partial charge >= 0.3 is 0 Å². The van der Waals surface area contributed by atoms with Crippen molar-refractivity contribution in [2.45, 2.75) is 65.3 Å². The molecule has 0 rings (SSSR count). The molecule has 0 radical (unpaired) electrons. The maximum absolute atomic E-state index is 5.54. The minimum atomic E-state index is 0. The van der Waals surface area contributed by atoms with Crippen LogP contribution in [0.1, 0.15) is 60.7 Å². The first-order valence-corrected chi connectivity index (χ1v) is 6.58. The molecule has 0 unspecified atom stereocenters. The van der Waals surface area contributed by atoms with E-state index in [4.69, 9.17) is 4.74 Å². The van der Waals surface area contributed by atoms with Gasteiger partial charge in [0.25, 0.3) is 0 Å². The average Bonchev–Trinajstić information content (AvgIpc) is 2.20. The molecule has 0 aromatic carbocycles. The van der Waals surface area contributed by atoms with Crippen molar-refractivity contribution in [2.24, 2.45) is 0 Å². The highest BCUT2D eigenvalue weighted by molar-refractivity contribution is 4.52. The fourth-order valence-electron chi connectivity index (χ4n) is 1.45. The van der Waals surface area contributed by atoms with E-state index in [-0.39, 0.29) is 1.43 Å². The topological polar surface area (TPSA) is 21.3 Å². The molecule has 0 aliphatic carbocycles. The van der Waals surface area contributed by atoms with E-state index in [1.807, 2.05) is 0 Å². The van der Waals surface area contributed by atoms with Crippen molar-refractivity contribution in [3.8, 4) is 0 Å². The Kier molecular flexibility index (Phi) is 11.9. The van der Waals surface area contributed by atoms with Gasteiger partial charge in [-0.15, -0.1) is 0 Å². The molecule has 1 N–H and O–H groups in total. The van der Waals surface area contributed by atoms with Crippen LogP contribution in [0.15, 0.2) is 0 Å². The van der Waals surface area contributed by atoms with E-state index in [1.54, 1.807) is 0 Å². The molecule has 0 aliphatic heterocycles. The van der Waals surface area contributed by atoms with Crippen LogP contribution in [0, 0.1) is 0 Å². The smallest absolute Gasteiger partial charge is 0.0466 e. The maximum Gasteiger partial charge on any atom is 0.0466 e. The number of hydrogen-bond donors (Lipinski definition) is 1. The second-order valence-electron chi connectivity index (χ2n) is 4.49. The third-order valence-electron chi connectivity index (χ3n) is 2.41. The van der Waals surface area contributed by atoms with Crippen molar-refractivity contribution in [2.75, 3.05) is 19.8 Å². The number of ether oxygens (including phenoxy) is 1. The minimum absolute atomic E-state index is 0. The van der Waals surface area contributed by atoms with Gasteiger partial charge in [0, 0.05) is 20.7 Å². The SMILES string of the molecule is CCCCCOCCCCCNC(C)C.[HH]. The van der Waals surface area contributed by atoms with Gasteiger partial charge in [-0.1, -0.05) is 33.6 Å². The van der Waals surface area contributed by atoms with Crippen LogP contribution in [0.2, 0.25) is 0 Å².